The molecule has 19 heavy (non-hydrogen) atoms. The highest BCUT2D eigenvalue weighted by Crippen LogP contribution is 2.28. The second-order valence-corrected chi connectivity index (χ2v) is 5.99. The van der Waals surface area contributed by atoms with Crippen LogP contribution in [0.25, 0.3) is 10.8 Å². The zero-order valence-electron chi connectivity index (χ0n) is 9.73. The normalized spacial score (nSPS) is 11.9. The molecule has 0 saturated carbocycles. The van der Waals surface area contributed by atoms with Crippen LogP contribution in [0.15, 0.2) is 40.1 Å². The van der Waals surface area contributed by atoms with E-state index in [4.69, 9.17) is 9.81 Å². The number of hydrogen-bond donors (Lipinski definition) is 2. The van der Waals surface area contributed by atoms with E-state index in [-0.39, 0.29) is 4.90 Å². The van der Waals surface area contributed by atoms with E-state index in [1.165, 1.54) is 6.07 Å². The molecule has 8 heteroatoms. The lowest BCUT2D eigenvalue weighted by atomic mass is 10.1. The molecule has 0 aliphatic carbocycles. The molecule has 0 unspecified atom stereocenters. The first-order valence-electron chi connectivity index (χ1n) is 5.08. The average molecular weight is 302 g/mol. The maximum absolute atomic E-state index is 11.2. The summed E-state index contributed by atoms with van der Waals surface area (Å²) in [6, 6.07) is 8.17. The number of benzene rings is 2. The fraction of sp³-hybridized carbons (Fsp3) is 0.0909. The minimum Gasteiger partial charge on any atom is -0.282 e. The Morgan fingerprint density at radius 3 is 2.53 bits per heavy atom. The van der Waals surface area contributed by atoms with Crippen LogP contribution in [0.4, 0.5) is 0 Å². The first-order valence-corrected chi connectivity index (χ1v) is 7.26. The maximum atomic E-state index is 11.2. The molecule has 0 heterocycles. The van der Waals surface area contributed by atoms with E-state index in [1.54, 1.807) is 31.2 Å². The van der Waals surface area contributed by atoms with Gasteiger partial charge in [0.2, 0.25) is 0 Å². The van der Waals surface area contributed by atoms with Crippen LogP contribution in [0.3, 0.4) is 0 Å². The van der Waals surface area contributed by atoms with Crippen LogP contribution in [-0.2, 0) is 19.5 Å². The minimum absolute atomic E-state index is 0.138. The molecule has 0 radical (unpaired) electrons. The summed E-state index contributed by atoms with van der Waals surface area (Å²) < 4.78 is 35.9. The fourth-order valence-electron chi connectivity index (χ4n) is 1.75. The van der Waals surface area contributed by atoms with Gasteiger partial charge in [0, 0.05) is 4.90 Å². The van der Waals surface area contributed by atoms with Crippen LogP contribution < -0.4 is 0 Å². The number of rotatable bonds is 4. The Hall–Kier alpha value is -1.16. The van der Waals surface area contributed by atoms with Crippen molar-refractivity contribution in [3.8, 4) is 0 Å². The van der Waals surface area contributed by atoms with Gasteiger partial charge in [-0.2, -0.15) is 8.42 Å². The highest BCUT2D eigenvalue weighted by Gasteiger charge is 2.14. The summed E-state index contributed by atoms with van der Waals surface area (Å²) in [5.41, 5.74) is 0.463. The van der Waals surface area contributed by atoms with Gasteiger partial charge in [-0.25, -0.2) is 5.26 Å². The Labute approximate surface area is 113 Å². The van der Waals surface area contributed by atoms with Gasteiger partial charge >= 0.3 is 0 Å². The van der Waals surface area contributed by atoms with Gasteiger partial charge in [-0.05, 0) is 41.5 Å². The largest absolute Gasteiger partial charge is 0.294 e. The van der Waals surface area contributed by atoms with Crippen molar-refractivity contribution in [3.63, 3.8) is 0 Å². The van der Waals surface area contributed by atoms with Crippen molar-refractivity contribution in [2.24, 2.45) is 0 Å². The molecule has 0 bridgehead atoms. The SMILES string of the molecule is Cc1cc2ccc(SOOO)cc2cc1S(=O)(=O)O. The van der Waals surface area contributed by atoms with Gasteiger partial charge in [0.25, 0.3) is 10.1 Å². The number of aryl methyl sites for hydroxylation is 1. The average Bonchev–Trinajstić information content (AvgIpc) is 2.34. The highest BCUT2D eigenvalue weighted by atomic mass is 32.2. The number of hydrogen-bond acceptors (Lipinski definition) is 6. The third-order valence-electron chi connectivity index (χ3n) is 2.54. The van der Waals surface area contributed by atoms with Crippen LogP contribution in [0.1, 0.15) is 5.56 Å². The molecule has 0 saturated heterocycles. The first-order chi connectivity index (χ1) is 8.91. The van der Waals surface area contributed by atoms with Gasteiger partial charge in [-0.3, -0.25) is 4.55 Å². The molecule has 0 fully saturated rings. The van der Waals surface area contributed by atoms with Gasteiger partial charge < -0.3 is 0 Å². The van der Waals surface area contributed by atoms with Crippen molar-refractivity contribution >= 4 is 32.9 Å². The zero-order chi connectivity index (χ0) is 14.0. The van der Waals surface area contributed by atoms with Crippen molar-refractivity contribution < 1.29 is 27.6 Å². The van der Waals surface area contributed by atoms with E-state index in [2.05, 4.69) is 9.37 Å². The predicted molar refractivity (Wildman–Crippen MR) is 69.2 cm³/mol. The second kappa shape index (κ2) is 5.45. The Morgan fingerprint density at radius 1 is 1.16 bits per heavy atom. The Kier molecular flexibility index (Phi) is 4.09. The van der Waals surface area contributed by atoms with Gasteiger partial charge in [-0.1, -0.05) is 17.2 Å². The summed E-state index contributed by atoms with van der Waals surface area (Å²) in [5, 5.41) is 13.0. The molecule has 2 aromatic carbocycles. The smallest absolute Gasteiger partial charge is 0.282 e. The molecular formula is C11H10O6S2. The molecule has 0 aliphatic heterocycles. The Bertz CT molecular complexity index is 710. The van der Waals surface area contributed by atoms with E-state index in [0.29, 0.717) is 15.8 Å². The molecule has 0 aliphatic rings. The van der Waals surface area contributed by atoms with Gasteiger partial charge in [0.05, 0.1) is 16.9 Å². The predicted octanol–water partition coefficient (Wildman–Crippen LogP) is 2.82. The Balaban J connectivity index is 2.55. The molecule has 0 spiro atoms. The van der Waals surface area contributed by atoms with Gasteiger partial charge in [0.15, 0.2) is 0 Å². The van der Waals surface area contributed by atoms with Crippen molar-refractivity contribution in [1.82, 2.24) is 0 Å². The molecule has 102 valence electrons. The molecule has 6 nitrogen and oxygen atoms in total. The molecule has 2 aromatic rings. The lowest BCUT2D eigenvalue weighted by Crippen LogP contribution is -2.00. The molecule has 0 amide bonds. The van der Waals surface area contributed by atoms with Crippen LogP contribution in [0, 0.1) is 6.92 Å². The summed E-state index contributed by atoms with van der Waals surface area (Å²) in [6.45, 7) is 1.61. The summed E-state index contributed by atoms with van der Waals surface area (Å²) in [4.78, 5) is 0.466. The fourth-order valence-corrected chi connectivity index (χ4v) is 2.90. The van der Waals surface area contributed by atoms with E-state index < -0.39 is 10.1 Å². The van der Waals surface area contributed by atoms with Crippen LogP contribution in [0.5, 0.6) is 0 Å². The standard InChI is InChI=1S/C11H10O6S2/c1-7-4-8-2-3-10(18-17-16-12)5-9(8)6-11(7)19(13,14)15/h2-6,12H,1H3,(H,13,14,15). The van der Waals surface area contributed by atoms with E-state index >= 15 is 0 Å². The van der Waals surface area contributed by atoms with Gasteiger partial charge in [-0.15, -0.1) is 4.33 Å². The quantitative estimate of drug-likeness (QED) is 0.388. The van der Waals surface area contributed by atoms with Crippen molar-refractivity contribution in [2.75, 3.05) is 0 Å². The van der Waals surface area contributed by atoms with Crippen molar-refractivity contribution in [1.29, 1.82) is 0 Å². The minimum atomic E-state index is -4.26. The molecule has 0 aromatic heterocycles. The van der Waals surface area contributed by atoms with E-state index in [0.717, 1.165) is 17.4 Å². The maximum Gasteiger partial charge on any atom is 0.294 e. The van der Waals surface area contributed by atoms with Gasteiger partial charge in [0.1, 0.15) is 0 Å². The monoisotopic (exact) mass is 302 g/mol. The molecule has 2 N–H and O–H groups in total. The molecular weight excluding hydrogens is 292 g/mol. The lowest BCUT2D eigenvalue weighted by Gasteiger charge is -2.06. The molecule has 0 atom stereocenters. The second-order valence-electron chi connectivity index (χ2n) is 3.83. The van der Waals surface area contributed by atoms with Crippen molar-refractivity contribution in [2.45, 2.75) is 16.7 Å². The third-order valence-corrected chi connectivity index (χ3v) is 4.12. The lowest BCUT2D eigenvalue weighted by molar-refractivity contribution is -0.432. The van der Waals surface area contributed by atoms with Crippen LogP contribution >= 0.6 is 12.0 Å². The topological polar surface area (TPSA) is 93.1 Å². The summed E-state index contributed by atoms with van der Waals surface area (Å²) in [6.07, 6.45) is 0. The third kappa shape index (κ3) is 3.24. The summed E-state index contributed by atoms with van der Waals surface area (Å²) >= 11 is 0.769. The molecule has 2 rings (SSSR count). The van der Waals surface area contributed by atoms with E-state index in [9.17, 15) is 8.42 Å². The van der Waals surface area contributed by atoms with E-state index in [1.807, 2.05) is 0 Å². The Morgan fingerprint density at radius 2 is 1.89 bits per heavy atom. The first kappa shape index (κ1) is 14.3. The zero-order valence-corrected chi connectivity index (χ0v) is 11.4. The highest BCUT2D eigenvalue weighted by molar-refractivity contribution is 7.94. The summed E-state index contributed by atoms with van der Waals surface area (Å²) in [7, 11) is -4.26. The van der Waals surface area contributed by atoms with Crippen LogP contribution in [0.2, 0.25) is 0 Å². The summed E-state index contributed by atoms with van der Waals surface area (Å²) in [5.74, 6) is 0. The van der Waals surface area contributed by atoms with Crippen molar-refractivity contribution in [3.05, 3.63) is 35.9 Å². The number of fused-ring (bicyclic) bond motifs is 1. The van der Waals surface area contributed by atoms with Crippen LogP contribution in [-0.4, -0.2) is 18.2 Å².